The predicted molar refractivity (Wildman–Crippen MR) is 97.9 cm³/mol. The van der Waals surface area contributed by atoms with E-state index in [-0.39, 0.29) is 17.6 Å². The van der Waals surface area contributed by atoms with Gasteiger partial charge >= 0.3 is 0 Å². The summed E-state index contributed by atoms with van der Waals surface area (Å²) < 4.78 is 10.5. The molecule has 0 amide bonds. The van der Waals surface area contributed by atoms with Crippen LogP contribution in [0.25, 0.3) is 0 Å². The van der Waals surface area contributed by atoms with Crippen molar-refractivity contribution in [2.45, 2.75) is 32.2 Å². The smallest absolute Gasteiger partial charge is 0.200 e. The number of ketones is 1. The predicted octanol–water partition coefficient (Wildman–Crippen LogP) is 2.67. The van der Waals surface area contributed by atoms with Gasteiger partial charge in [0, 0.05) is 24.2 Å². The minimum Gasteiger partial charge on any atom is -0.502 e. The molecule has 1 aromatic carbocycles. The zero-order chi connectivity index (χ0) is 18.1. The maximum absolute atomic E-state index is 12.7. The SMILES string of the molecule is CCN1C(=S)NC(c2cc(OC)c(O)c(OC)c2)C2=C1CCCC2=O. The van der Waals surface area contributed by atoms with E-state index in [0.29, 0.717) is 29.6 Å². The fourth-order valence-corrected chi connectivity index (χ4v) is 3.87. The zero-order valence-electron chi connectivity index (χ0n) is 14.6. The molecular formula is C18H22N2O4S. The van der Waals surface area contributed by atoms with Crippen LogP contribution in [0.15, 0.2) is 23.4 Å². The van der Waals surface area contributed by atoms with Crippen LogP contribution in [0, 0.1) is 0 Å². The largest absolute Gasteiger partial charge is 0.502 e. The molecule has 0 aromatic heterocycles. The Hall–Kier alpha value is -2.28. The van der Waals surface area contributed by atoms with E-state index in [9.17, 15) is 9.90 Å². The van der Waals surface area contributed by atoms with Crippen LogP contribution in [0.2, 0.25) is 0 Å². The van der Waals surface area contributed by atoms with Gasteiger partial charge in [-0.25, -0.2) is 0 Å². The number of phenolic OH excluding ortho intramolecular Hbond substituents is 1. The van der Waals surface area contributed by atoms with E-state index in [4.69, 9.17) is 21.7 Å². The van der Waals surface area contributed by atoms with Crippen LogP contribution in [-0.4, -0.2) is 41.7 Å². The number of rotatable bonds is 4. The molecule has 1 aliphatic heterocycles. The van der Waals surface area contributed by atoms with Crippen molar-refractivity contribution in [2.24, 2.45) is 0 Å². The lowest BCUT2D eigenvalue weighted by Crippen LogP contribution is -2.49. The quantitative estimate of drug-likeness (QED) is 0.798. The summed E-state index contributed by atoms with van der Waals surface area (Å²) in [7, 11) is 2.96. The third kappa shape index (κ3) is 2.93. The number of ether oxygens (including phenoxy) is 2. The molecule has 2 aliphatic rings. The van der Waals surface area contributed by atoms with Gasteiger partial charge in [-0.05, 0) is 49.7 Å². The summed E-state index contributed by atoms with van der Waals surface area (Å²) in [6.45, 7) is 2.73. The maximum Gasteiger partial charge on any atom is 0.200 e. The first-order chi connectivity index (χ1) is 12.0. The molecule has 0 spiro atoms. The Labute approximate surface area is 152 Å². The number of carbonyl (C=O) groups is 1. The Balaban J connectivity index is 2.16. The van der Waals surface area contributed by atoms with Crippen molar-refractivity contribution in [1.82, 2.24) is 10.2 Å². The average Bonchev–Trinajstić information content (AvgIpc) is 2.61. The molecule has 1 heterocycles. The van der Waals surface area contributed by atoms with Gasteiger partial charge in [-0.2, -0.15) is 0 Å². The molecule has 0 radical (unpaired) electrons. The van der Waals surface area contributed by atoms with Gasteiger partial charge in [0.2, 0.25) is 5.75 Å². The highest BCUT2D eigenvalue weighted by Gasteiger charge is 2.37. The molecule has 2 N–H and O–H groups in total. The van der Waals surface area contributed by atoms with Gasteiger partial charge < -0.3 is 24.8 Å². The van der Waals surface area contributed by atoms with Crippen LogP contribution >= 0.6 is 12.2 Å². The molecule has 1 unspecified atom stereocenters. The number of nitrogens with one attached hydrogen (secondary N) is 1. The lowest BCUT2D eigenvalue weighted by Gasteiger charge is -2.40. The maximum atomic E-state index is 12.7. The fourth-order valence-electron chi connectivity index (χ4n) is 3.52. The van der Waals surface area contributed by atoms with Crippen LogP contribution in [0.5, 0.6) is 17.2 Å². The summed E-state index contributed by atoms with van der Waals surface area (Å²) in [5.74, 6) is 0.660. The van der Waals surface area contributed by atoms with Gasteiger partial charge in [0.05, 0.1) is 20.3 Å². The number of nitrogens with zero attached hydrogens (tertiary/aromatic N) is 1. The summed E-state index contributed by atoms with van der Waals surface area (Å²) in [4.78, 5) is 14.7. The Morgan fingerprint density at radius 3 is 2.48 bits per heavy atom. The van der Waals surface area contributed by atoms with Crippen molar-refractivity contribution in [1.29, 1.82) is 0 Å². The van der Waals surface area contributed by atoms with Crippen LogP contribution in [0.3, 0.4) is 0 Å². The van der Waals surface area contributed by atoms with Gasteiger partial charge in [0.25, 0.3) is 0 Å². The molecule has 25 heavy (non-hydrogen) atoms. The van der Waals surface area contributed by atoms with Gasteiger partial charge in [0.15, 0.2) is 22.4 Å². The molecule has 3 rings (SSSR count). The fraction of sp³-hybridized carbons (Fsp3) is 0.444. The van der Waals surface area contributed by atoms with Crippen molar-refractivity contribution in [3.63, 3.8) is 0 Å². The molecule has 0 bridgehead atoms. The van der Waals surface area contributed by atoms with Gasteiger partial charge in [-0.3, -0.25) is 4.79 Å². The molecule has 1 aliphatic carbocycles. The molecule has 0 saturated carbocycles. The van der Waals surface area contributed by atoms with Gasteiger partial charge in [-0.1, -0.05) is 0 Å². The second kappa shape index (κ2) is 6.92. The van der Waals surface area contributed by atoms with Crippen molar-refractivity contribution in [3.05, 3.63) is 29.0 Å². The average molecular weight is 362 g/mol. The first kappa shape index (κ1) is 17.5. The van der Waals surface area contributed by atoms with Crippen molar-refractivity contribution in [2.75, 3.05) is 20.8 Å². The van der Waals surface area contributed by atoms with E-state index >= 15 is 0 Å². The number of hydrogen-bond donors (Lipinski definition) is 2. The van der Waals surface area contributed by atoms with Crippen LogP contribution in [-0.2, 0) is 4.79 Å². The van der Waals surface area contributed by atoms with E-state index in [0.717, 1.165) is 29.7 Å². The molecule has 1 atom stereocenters. The van der Waals surface area contributed by atoms with Crippen LogP contribution in [0.1, 0.15) is 37.8 Å². The standard InChI is InChI=1S/C18H22N2O4S/c1-4-20-11-6-5-7-12(21)15(11)16(19-18(20)25)10-8-13(23-2)17(22)14(9-10)24-3/h8-9,16,22H,4-7H2,1-3H3,(H,19,25). The highest BCUT2D eigenvalue weighted by Crippen LogP contribution is 2.43. The molecule has 6 nitrogen and oxygen atoms in total. The number of Topliss-reactive ketones (excluding diaryl/α,β-unsaturated/α-hetero) is 1. The van der Waals surface area contributed by atoms with Crippen LogP contribution < -0.4 is 14.8 Å². The Kier molecular flexibility index (Phi) is 4.85. The number of carbonyl (C=O) groups excluding carboxylic acids is 1. The lowest BCUT2D eigenvalue weighted by atomic mass is 9.84. The number of thiocarbonyl (C=S) groups is 1. The topological polar surface area (TPSA) is 71.0 Å². The van der Waals surface area contributed by atoms with Crippen LogP contribution in [0.4, 0.5) is 0 Å². The minimum atomic E-state index is -0.374. The summed E-state index contributed by atoms with van der Waals surface area (Å²) >= 11 is 5.52. The summed E-state index contributed by atoms with van der Waals surface area (Å²) in [5, 5.41) is 14.0. The molecule has 0 fully saturated rings. The van der Waals surface area contributed by atoms with Crippen molar-refractivity contribution < 1.29 is 19.4 Å². The van der Waals surface area contributed by atoms with Crippen molar-refractivity contribution >= 4 is 23.1 Å². The zero-order valence-corrected chi connectivity index (χ0v) is 15.4. The highest BCUT2D eigenvalue weighted by molar-refractivity contribution is 7.80. The number of hydrogen-bond acceptors (Lipinski definition) is 5. The first-order valence-corrected chi connectivity index (χ1v) is 8.71. The Morgan fingerprint density at radius 1 is 1.28 bits per heavy atom. The van der Waals surface area contributed by atoms with E-state index in [1.807, 2.05) is 11.8 Å². The number of phenols is 1. The monoisotopic (exact) mass is 362 g/mol. The highest BCUT2D eigenvalue weighted by atomic mass is 32.1. The van der Waals surface area contributed by atoms with Crippen molar-refractivity contribution in [3.8, 4) is 17.2 Å². The number of benzene rings is 1. The van der Waals surface area contributed by atoms with E-state index in [2.05, 4.69) is 5.32 Å². The normalized spacial score (nSPS) is 20.3. The van der Waals surface area contributed by atoms with Gasteiger partial charge in [0.1, 0.15) is 0 Å². The minimum absolute atomic E-state index is 0.0634. The summed E-state index contributed by atoms with van der Waals surface area (Å²) in [5.41, 5.74) is 2.52. The summed E-state index contributed by atoms with van der Waals surface area (Å²) in [6, 6.07) is 3.06. The van der Waals surface area contributed by atoms with E-state index in [1.54, 1.807) is 12.1 Å². The molecule has 0 saturated heterocycles. The molecule has 134 valence electrons. The second-order valence-corrected chi connectivity index (χ2v) is 6.42. The summed E-state index contributed by atoms with van der Waals surface area (Å²) in [6.07, 6.45) is 2.21. The van der Waals surface area contributed by atoms with E-state index in [1.165, 1.54) is 14.2 Å². The van der Waals surface area contributed by atoms with E-state index < -0.39 is 0 Å². The second-order valence-electron chi connectivity index (χ2n) is 6.04. The Morgan fingerprint density at radius 2 is 1.92 bits per heavy atom. The third-order valence-corrected chi connectivity index (χ3v) is 5.05. The Bertz CT molecular complexity index is 734. The lowest BCUT2D eigenvalue weighted by molar-refractivity contribution is -0.116. The third-order valence-electron chi connectivity index (χ3n) is 4.71. The molecule has 1 aromatic rings. The van der Waals surface area contributed by atoms with Gasteiger partial charge in [-0.15, -0.1) is 0 Å². The number of allylic oxidation sites excluding steroid dienone is 1. The number of methoxy groups -OCH3 is 2. The number of aromatic hydroxyl groups is 1. The first-order valence-electron chi connectivity index (χ1n) is 8.30. The molecule has 7 heteroatoms. The molecular weight excluding hydrogens is 340 g/mol.